The Morgan fingerprint density at radius 1 is 1.09 bits per heavy atom. The molecule has 7 nitrogen and oxygen atoms in total. The Morgan fingerprint density at radius 2 is 1.79 bits per heavy atom. The first-order valence-corrected chi connectivity index (χ1v) is 11.5. The summed E-state index contributed by atoms with van der Waals surface area (Å²) < 4.78 is 9.85. The van der Waals surface area contributed by atoms with Crippen LogP contribution in [0.1, 0.15) is 46.0 Å². The van der Waals surface area contributed by atoms with Crippen molar-refractivity contribution in [1.29, 1.82) is 0 Å². The van der Waals surface area contributed by atoms with Crippen LogP contribution in [0.25, 0.3) is 0 Å². The van der Waals surface area contributed by atoms with Gasteiger partial charge in [0.2, 0.25) is 0 Å². The first kappa shape index (κ1) is 24.6. The molecule has 0 aliphatic carbocycles. The highest BCUT2D eigenvalue weighted by Gasteiger charge is 2.28. The number of nitrogens with zero attached hydrogens (tertiary/aromatic N) is 1. The summed E-state index contributed by atoms with van der Waals surface area (Å²) in [6.45, 7) is 3.96. The molecule has 33 heavy (non-hydrogen) atoms. The first-order valence-electron chi connectivity index (χ1n) is 11.1. The van der Waals surface area contributed by atoms with E-state index in [1.54, 1.807) is 24.3 Å². The van der Waals surface area contributed by atoms with Crippen LogP contribution in [-0.2, 0) is 20.7 Å². The van der Waals surface area contributed by atoms with Crippen LogP contribution in [-0.4, -0.2) is 51.2 Å². The lowest BCUT2D eigenvalue weighted by Crippen LogP contribution is -2.38. The lowest BCUT2D eigenvalue weighted by molar-refractivity contribution is -0.148. The minimum atomic E-state index is -0.380. The maximum Gasteiger partial charge on any atom is 0.337 e. The van der Waals surface area contributed by atoms with Crippen LogP contribution in [0, 0.1) is 5.92 Å². The molecule has 2 aromatic carbocycles. The van der Waals surface area contributed by atoms with Crippen molar-refractivity contribution in [1.82, 2.24) is 5.32 Å². The van der Waals surface area contributed by atoms with E-state index in [0.717, 1.165) is 11.3 Å². The van der Waals surface area contributed by atoms with Crippen LogP contribution < -0.4 is 10.2 Å². The molecule has 0 bridgehead atoms. The lowest BCUT2D eigenvalue weighted by Gasteiger charge is -2.33. The number of hydrogen-bond donors (Lipinski definition) is 1. The molecule has 0 atom stereocenters. The fourth-order valence-electron chi connectivity index (χ4n) is 3.92. The number of nitrogens with one attached hydrogen (secondary N) is 1. The zero-order chi connectivity index (χ0) is 23.8. The number of carbonyl (C=O) groups is 3. The first-order chi connectivity index (χ1) is 15.9. The summed E-state index contributed by atoms with van der Waals surface area (Å²) in [5.41, 5.74) is 2.80. The number of rotatable bonds is 8. The highest BCUT2D eigenvalue weighted by molar-refractivity contribution is 6.31. The number of anilines is 1. The van der Waals surface area contributed by atoms with Gasteiger partial charge in [0.05, 0.1) is 30.8 Å². The van der Waals surface area contributed by atoms with Gasteiger partial charge in [-0.1, -0.05) is 23.7 Å². The van der Waals surface area contributed by atoms with Crippen LogP contribution in [0.15, 0.2) is 42.5 Å². The standard InChI is InChI=1S/C25H29ClN2O5/c1-3-33-25(31)19-11-14-28(15-12-19)22-9-8-20(26)16-21(22)23(29)27-13-10-17-4-6-18(7-5-17)24(30)32-2/h4-9,16,19H,3,10-15H2,1-2H3,(H,27,29). The number of halogens is 1. The topological polar surface area (TPSA) is 84.9 Å². The van der Waals surface area contributed by atoms with Gasteiger partial charge in [-0.05, 0) is 62.1 Å². The fourth-order valence-corrected chi connectivity index (χ4v) is 4.10. The van der Waals surface area contributed by atoms with Crippen LogP contribution in [0.3, 0.4) is 0 Å². The number of benzene rings is 2. The molecule has 3 rings (SSSR count). The maximum atomic E-state index is 13.0. The summed E-state index contributed by atoms with van der Waals surface area (Å²) in [6.07, 6.45) is 1.99. The second kappa shape index (κ2) is 11.7. The van der Waals surface area contributed by atoms with E-state index in [0.29, 0.717) is 61.7 Å². The summed E-state index contributed by atoms with van der Waals surface area (Å²) in [5.74, 6) is -0.831. The fraction of sp³-hybridized carbons (Fsp3) is 0.400. The van der Waals surface area contributed by atoms with Crippen molar-refractivity contribution in [2.24, 2.45) is 5.92 Å². The summed E-state index contributed by atoms with van der Waals surface area (Å²) in [5, 5.41) is 3.45. The van der Waals surface area contributed by atoms with Crippen LogP contribution in [0.2, 0.25) is 5.02 Å². The van der Waals surface area contributed by atoms with E-state index in [9.17, 15) is 14.4 Å². The number of methoxy groups -OCH3 is 1. The van der Waals surface area contributed by atoms with Crippen LogP contribution in [0.4, 0.5) is 5.69 Å². The van der Waals surface area contributed by atoms with Gasteiger partial charge in [-0.15, -0.1) is 0 Å². The van der Waals surface area contributed by atoms with Gasteiger partial charge < -0.3 is 19.7 Å². The Kier molecular flexibility index (Phi) is 8.72. The van der Waals surface area contributed by atoms with E-state index in [1.165, 1.54) is 7.11 Å². The van der Waals surface area contributed by atoms with Crippen molar-refractivity contribution < 1.29 is 23.9 Å². The molecule has 0 spiro atoms. The molecule has 1 heterocycles. The molecule has 1 amide bonds. The molecule has 1 fully saturated rings. The Labute approximate surface area is 199 Å². The number of piperidine rings is 1. The smallest absolute Gasteiger partial charge is 0.337 e. The van der Waals surface area contributed by atoms with Gasteiger partial charge in [0.1, 0.15) is 0 Å². The molecule has 1 N–H and O–H groups in total. The zero-order valence-corrected chi connectivity index (χ0v) is 19.7. The Balaban J connectivity index is 1.60. The Morgan fingerprint density at radius 3 is 2.42 bits per heavy atom. The molecular weight excluding hydrogens is 444 g/mol. The van der Waals surface area contributed by atoms with E-state index in [-0.39, 0.29) is 23.8 Å². The van der Waals surface area contributed by atoms with Gasteiger partial charge in [-0.3, -0.25) is 9.59 Å². The molecule has 176 valence electrons. The molecule has 2 aromatic rings. The summed E-state index contributed by atoms with van der Waals surface area (Å²) in [4.78, 5) is 38.6. The summed E-state index contributed by atoms with van der Waals surface area (Å²) >= 11 is 6.18. The molecule has 1 aliphatic rings. The number of amides is 1. The van der Waals surface area contributed by atoms with Gasteiger partial charge in [0.15, 0.2) is 0 Å². The number of esters is 2. The average Bonchev–Trinajstić information content (AvgIpc) is 2.84. The zero-order valence-electron chi connectivity index (χ0n) is 18.9. The summed E-state index contributed by atoms with van der Waals surface area (Å²) in [7, 11) is 1.35. The van der Waals surface area contributed by atoms with Gasteiger partial charge in [-0.25, -0.2) is 4.79 Å². The third-order valence-electron chi connectivity index (χ3n) is 5.73. The minimum absolute atomic E-state index is 0.101. The number of hydrogen-bond acceptors (Lipinski definition) is 6. The molecule has 8 heteroatoms. The molecule has 0 unspecified atom stereocenters. The van der Waals surface area contributed by atoms with E-state index in [1.807, 2.05) is 25.1 Å². The molecule has 0 aromatic heterocycles. The van der Waals surface area contributed by atoms with Crippen molar-refractivity contribution in [2.45, 2.75) is 26.2 Å². The van der Waals surface area contributed by atoms with Gasteiger partial charge in [0.25, 0.3) is 5.91 Å². The lowest BCUT2D eigenvalue weighted by atomic mass is 9.96. The second-order valence-electron chi connectivity index (χ2n) is 7.87. The van der Waals surface area contributed by atoms with Crippen molar-refractivity contribution in [3.8, 4) is 0 Å². The van der Waals surface area contributed by atoms with Gasteiger partial charge >= 0.3 is 11.9 Å². The van der Waals surface area contributed by atoms with Crippen molar-refractivity contribution >= 4 is 35.1 Å². The largest absolute Gasteiger partial charge is 0.466 e. The second-order valence-corrected chi connectivity index (χ2v) is 8.31. The van der Waals surface area contributed by atoms with E-state index < -0.39 is 0 Å². The molecule has 0 radical (unpaired) electrons. The normalized spacial score (nSPS) is 14.0. The van der Waals surface area contributed by atoms with Crippen molar-refractivity contribution in [3.05, 3.63) is 64.2 Å². The third-order valence-corrected chi connectivity index (χ3v) is 5.97. The highest BCUT2D eigenvalue weighted by atomic mass is 35.5. The van der Waals surface area contributed by atoms with E-state index in [4.69, 9.17) is 21.1 Å². The number of ether oxygens (including phenoxy) is 2. The minimum Gasteiger partial charge on any atom is -0.466 e. The quantitative estimate of drug-likeness (QED) is 0.587. The van der Waals surface area contributed by atoms with Crippen LogP contribution >= 0.6 is 11.6 Å². The molecule has 0 saturated carbocycles. The third kappa shape index (κ3) is 6.48. The monoisotopic (exact) mass is 472 g/mol. The van der Waals surface area contributed by atoms with Crippen molar-refractivity contribution in [3.63, 3.8) is 0 Å². The van der Waals surface area contributed by atoms with Crippen molar-refractivity contribution in [2.75, 3.05) is 38.3 Å². The van der Waals surface area contributed by atoms with Gasteiger partial charge in [-0.2, -0.15) is 0 Å². The Hall–Kier alpha value is -3.06. The molecule has 1 aliphatic heterocycles. The SMILES string of the molecule is CCOC(=O)C1CCN(c2ccc(Cl)cc2C(=O)NCCc2ccc(C(=O)OC)cc2)CC1. The average molecular weight is 473 g/mol. The van der Waals surface area contributed by atoms with Gasteiger partial charge in [0, 0.05) is 30.3 Å². The van der Waals surface area contributed by atoms with E-state index in [2.05, 4.69) is 10.2 Å². The predicted molar refractivity (Wildman–Crippen MR) is 127 cm³/mol. The molecular formula is C25H29ClN2O5. The number of carbonyl (C=O) groups excluding carboxylic acids is 3. The highest BCUT2D eigenvalue weighted by Crippen LogP contribution is 2.29. The maximum absolute atomic E-state index is 13.0. The summed E-state index contributed by atoms with van der Waals surface area (Å²) in [6, 6.07) is 12.4. The Bertz CT molecular complexity index is 985. The molecule has 1 saturated heterocycles. The predicted octanol–water partition coefficient (Wildman–Crippen LogP) is 3.88. The van der Waals surface area contributed by atoms with Crippen LogP contribution in [0.5, 0.6) is 0 Å². The van der Waals surface area contributed by atoms with E-state index >= 15 is 0 Å².